The van der Waals surface area contributed by atoms with Crippen LogP contribution in [0.4, 0.5) is 0 Å². The zero-order valence-corrected chi connectivity index (χ0v) is 16.2. The fourth-order valence-corrected chi connectivity index (χ4v) is 2.92. The summed E-state index contributed by atoms with van der Waals surface area (Å²) in [7, 11) is 0. The zero-order chi connectivity index (χ0) is 18.7. The summed E-state index contributed by atoms with van der Waals surface area (Å²) in [5.41, 5.74) is 0. The van der Waals surface area contributed by atoms with Gasteiger partial charge < -0.3 is 28.8 Å². The minimum absolute atomic E-state index is 0.344. The van der Waals surface area contributed by atoms with E-state index in [-0.39, 0.29) is 0 Å². The first-order chi connectivity index (χ1) is 12.9. The van der Waals surface area contributed by atoms with Gasteiger partial charge in [0.05, 0.1) is 26.4 Å². The fraction of sp³-hybridized carbons (Fsp3) is 0.850. The summed E-state index contributed by atoms with van der Waals surface area (Å²) in [5.74, 6) is 2.42. The SMILES string of the molecule is C#CCOCCOCCOCCCCCN1CCN(CCCC=O)CC1. The highest BCUT2D eigenvalue weighted by molar-refractivity contribution is 5.48. The highest BCUT2D eigenvalue weighted by atomic mass is 16.5. The smallest absolute Gasteiger partial charge is 0.120 e. The van der Waals surface area contributed by atoms with Crippen molar-refractivity contribution in [3.05, 3.63) is 0 Å². The number of hydrogen-bond acceptors (Lipinski definition) is 6. The molecule has 0 unspecified atom stereocenters. The summed E-state index contributed by atoms with van der Waals surface area (Å²) in [6.07, 6.45) is 11.3. The molecule has 0 radical (unpaired) electrons. The predicted octanol–water partition coefficient (Wildman–Crippen LogP) is 1.44. The summed E-state index contributed by atoms with van der Waals surface area (Å²) < 4.78 is 16.1. The molecule has 0 N–H and O–H groups in total. The number of hydrogen-bond donors (Lipinski definition) is 0. The number of unbranched alkanes of at least 4 members (excludes halogenated alkanes) is 3. The van der Waals surface area contributed by atoms with Crippen molar-refractivity contribution in [3.8, 4) is 12.3 Å². The minimum atomic E-state index is 0.344. The van der Waals surface area contributed by atoms with Crippen LogP contribution >= 0.6 is 0 Å². The first-order valence-corrected chi connectivity index (χ1v) is 9.92. The quantitative estimate of drug-likeness (QED) is 0.220. The summed E-state index contributed by atoms with van der Waals surface area (Å²) in [4.78, 5) is 15.4. The van der Waals surface area contributed by atoms with Gasteiger partial charge in [0.2, 0.25) is 0 Å². The van der Waals surface area contributed by atoms with Gasteiger partial charge >= 0.3 is 0 Å². The van der Waals surface area contributed by atoms with Gasteiger partial charge in [-0.3, -0.25) is 0 Å². The Labute approximate surface area is 159 Å². The summed E-state index contributed by atoms with van der Waals surface area (Å²) in [6, 6.07) is 0. The average Bonchev–Trinajstić information content (AvgIpc) is 2.67. The molecule has 26 heavy (non-hydrogen) atoms. The van der Waals surface area contributed by atoms with Crippen molar-refractivity contribution in [2.45, 2.75) is 32.1 Å². The van der Waals surface area contributed by atoms with Gasteiger partial charge in [-0.25, -0.2) is 0 Å². The minimum Gasteiger partial charge on any atom is -0.379 e. The van der Waals surface area contributed by atoms with Crippen molar-refractivity contribution in [2.75, 3.05) is 78.9 Å². The molecule has 0 saturated carbocycles. The second-order valence-electron chi connectivity index (χ2n) is 6.53. The van der Waals surface area contributed by atoms with E-state index in [0.29, 0.717) is 39.5 Å². The van der Waals surface area contributed by atoms with Crippen LogP contribution in [0.2, 0.25) is 0 Å². The molecule has 1 aliphatic rings. The number of aldehydes is 1. The van der Waals surface area contributed by atoms with Crippen LogP contribution in [0.3, 0.4) is 0 Å². The van der Waals surface area contributed by atoms with E-state index in [2.05, 4.69) is 15.7 Å². The first kappa shape index (κ1) is 23.1. The van der Waals surface area contributed by atoms with Crippen molar-refractivity contribution in [1.29, 1.82) is 0 Å². The van der Waals surface area contributed by atoms with Crippen LogP contribution in [-0.2, 0) is 19.0 Å². The Morgan fingerprint density at radius 2 is 1.35 bits per heavy atom. The predicted molar refractivity (Wildman–Crippen MR) is 103 cm³/mol. The Hall–Kier alpha value is -0.970. The van der Waals surface area contributed by atoms with Gasteiger partial charge in [-0.2, -0.15) is 0 Å². The lowest BCUT2D eigenvalue weighted by Gasteiger charge is -2.34. The van der Waals surface area contributed by atoms with Gasteiger partial charge in [0.15, 0.2) is 0 Å². The number of nitrogens with zero attached hydrogens (tertiary/aromatic N) is 2. The monoisotopic (exact) mass is 368 g/mol. The summed E-state index contributed by atoms with van der Waals surface area (Å²) in [5, 5.41) is 0. The number of piperazine rings is 1. The van der Waals surface area contributed by atoms with E-state index in [1.54, 1.807) is 0 Å². The maximum absolute atomic E-state index is 10.3. The van der Waals surface area contributed by atoms with Crippen LogP contribution in [0.1, 0.15) is 32.1 Å². The van der Waals surface area contributed by atoms with Gasteiger partial charge in [-0.1, -0.05) is 5.92 Å². The molecule has 0 amide bonds. The van der Waals surface area contributed by atoms with Gasteiger partial charge in [-0.15, -0.1) is 6.42 Å². The lowest BCUT2D eigenvalue weighted by molar-refractivity contribution is -0.108. The molecule has 150 valence electrons. The third-order valence-corrected chi connectivity index (χ3v) is 4.45. The van der Waals surface area contributed by atoms with Crippen LogP contribution < -0.4 is 0 Å². The number of carbonyl (C=O) groups excluding carboxylic acids is 1. The number of ether oxygens (including phenoxy) is 3. The maximum Gasteiger partial charge on any atom is 0.120 e. The molecule has 1 saturated heterocycles. The van der Waals surface area contributed by atoms with E-state index < -0.39 is 0 Å². The number of carbonyl (C=O) groups is 1. The standard InChI is InChI=1S/C20H36N2O4/c1-2-15-24-17-19-26-20-18-25-16-7-3-4-8-21-10-12-22(13-11-21)9-5-6-14-23/h1,14H,3-13,15-20H2. The topological polar surface area (TPSA) is 51.2 Å². The van der Waals surface area contributed by atoms with Gasteiger partial charge in [0, 0.05) is 39.2 Å². The van der Waals surface area contributed by atoms with E-state index in [4.69, 9.17) is 20.6 Å². The Kier molecular flexibility index (Phi) is 15.5. The normalized spacial score (nSPS) is 15.8. The Morgan fingerprint density at radius 3 is 1.96 bits per heavy atom. The molecule has 6 nitrogen and oxygen atoms in total. The van der Waals surface area contributed by atoms with Gasteiger partial charge in [0.1, 0.15) is 12.9 Å². The van der Waals surface area contributed by atoms with Crippen LogP contribution in [0.25, 0.3) is 0 Å². The lowest BCUT2D eigenvalue weighted by atomic mass is 10.2. The second kappa shape index (κ2) is 17.4. The third-order valence-electron chi connectivity index (χ3n) is 4.45. The van der Waals surface area contributed by atoms with E-state index in [1.807, 2.05) is 0 Å². The largest absolute Gasteiger partial charge is 0.379 e. The zero-order valence-electron chi connectivity index (χ0n) is 16.2. The number of rotatable bonds is 17. The van der Waals surface area contributed by atoms with Crippen LogP contribution in [0, 0.1) is 12.3 Å². The molecule has 6 heteroatoms. The average molecular weight is 369 g/mol. The van der Waals surface area contributed by atoms with Crippen LogP contribution in [0.15, 0.2) is 0 Å². The summed E-state index contributed by atoms with van der Waals surface area (Å²) >= 11 is 0. The Morgan fingerprint density at radius 1 is 0.769 bits per heavy atom. The maximum atomic E-state index is 10.3. The molecule has 1 rings (SSSR count). The molecule has 0 aromatic heterocycles. The first-order valence-electron chi connectivity index (χ1n) is 9.92. The molecule has 0 aromatic rings. The van der Waals surface area contributed by atoms with E-state index in [1.165, 1.54) is 19.4 Å². The van der Waals surface area contributed by atoms with Crippen LogP contribution in [-0.4, -0.2) is 95.0 Å². The van der Waals surface area contributed by atoms with Gasteiger partial charge in [0.25, 0.3) is 0 Å². The van der Waals surface area contributed by atoms with E-state index in [9.17, 15) is 4.79 Å². The number of terminal acetylenes is 1. The molecule has 0 spiro atoms. The highest BCUT2D eigenvalue weighted by Gasteiger charge is 2.15. The molecule has 0 aromatic carbocycles. The molecular formula is C20H36N2O4. The molecule has 0 bridgehead atoms. The lowest BCUT2D eigenvalue weighted by Crippen LogP contribution is -2.46. The Bertz CT molecular complexity index is 365. The van der Waals surface area contributed by atoms with Crippen molar-refractivity contribution in [1.82, 2.24) is 9.80 Å². The van der Waals surface area contributed by atoms with E-state index >= 15 is 0 Å². The van der Waals surface area contributed by atoms with Crippen molar-refractivity contribution in [3.63, 3.8) is 0 Å². The highest BCUT2D eigenvalue weighted by Crippen LogP contribution is 2.06. The molecule has 1 aliphatic heterocycles. The third kappa shape index (κ3) is 13.3. The van der Waals surface area contributed by atoms with Crippen LogP contribution in [0.5, 0.6) is 0 Å². The molecule has 1 fully saturated rings. The summed E-state index contributed by atoms with van der Waals surface area (Å²) in [6.45, 7) is 10.3. The Balaban J connectivity index is 1.79. The molecular weight excluding hydrogens is 332 g/mol. The van der Waals surface area contributed by atoms with Crippen molar-refractivity contribution in [2.24, 2.45) is 0 Å². The molecule has 1 heterocycles. The van der Waals surface area contributed by atoms with Crippen molar-refractivity contribution >= 4 is 6.29 Å². The van der Waals surface area contributed by atoms with Gasteiger partial charge in [-0.05, 0) is 38.8 Å². The van der Waals surface area contributed by atoms with Crippen molar-refractivity contribution < 1.29 is 19.0 Å². The second-order valence-corrected chi connectivity index (χ2v) is 6.53. The fourth-order valence-electron chi connectivity index (χ4n) is 2.92. The van der Waals surface area contributed by atoms with E-state index in [0.717, 1.165) is 58.5 Å². The molecule has 0 atom stereocenters. The molecule has 0 aliphatic carbocycles.